The van der Waals surface area contributed by atoms with Crippen molar-refractivity contribution in [3.63, 3.8) is 0 Å². The molecular weight excluding hydrogens is 298 g/mol. The van der Waals surface area contributed by atoms with Gasteiger partial charge in [0, 0.05) is 23.1 Å². The lowest BCUT2D eigenvalue weighted by Crippen LogP contribution is -2.14. The van der Waals surface area contributed by atoms with Crippen molar-refractivity contribution in [3.8, 4) is 0 Å². The van der Waals surface area contributed by atoms with Crippen LogP contribution in [0.25, 0.3) is 10.8 Å². The molecule has 0 fully saturated rings. The molecule has 3 aromatic carbocycles. The molecule has 0 heterocycles. The molecule has 3 rings (SSSR count). The average Bonchev–Trinajstić information content (AvgIpc) is 2.53. The predicted octanol–water partition coefficient (Wildman–Crippen LogP) is 4.96. The third kappa shape index (κ3) is 2.51. The highest BCUT2D eigenvalue weighted by atomic mass is 35.5. The Hall–Kier alpha value is -2.52. The number of rotatable bonds is 3. The largest absolute Gasteiger partial charge is 0.478 e. The summed E-state index contributed by atoms with van der Waals surface area (Å²) in [5.74, 6) is -0.996. The standard InChI is InChI=1S/C18H14ClNO2/c1-20(17-10-9-13(19)11-15(17)18(21)22)16-8-4-6-12-5-2-3-7-14(12)16/h2-11H,1H3,(H,21,22). The number of hydrogen-bond donors (Lipinski definition) is 1. The molecule has 0 unspecified atom stereocenters. The summed E-state index contributed by atoms with van der Waals surface area (Å²) in [6.45, 7) is 0. The fourth-order valence-corrected chi connectivity index (χ4v) is 2.77. The van der Waals surface area contributed by atoms with Gasteiger partial charge in [0.15, 0.2) is 0 Å². The van der Waals surface area contributed by atoms with E-state index in [0.717, 1.165) is 16.5 Å². The fourth-order valence-electron chi connectivity index (χ4n) is 2.60. The van der Waals surface area contributed by atoms with Crippen molar-refractivity contribution in [2.75, 3.05) is 11.9 Å². The number of anilines is 2. The van der Waals surface area contributed by atoms with Gasteiger partial charge in [-0.25, -0.2) is 4.79 Å². The lowest BCUT2D eigenvalue weighted by Gasteiger charge is -2.23. The number of fused-ring (bicyclic) bond motifs is 1. The Bertz CT molecular complexity index is 855. The highest BCUT2D eigenvalue weighted by molar-refractivity contribution is 6.31. The molecule has 0 aliphatic heterocycles. The predicted molar refractivity (Wildman–Crippen MR) is 90.4 cm³/mol. The van der Waals surface area contributed by atoms with Gasteiger partial charge in [-0.2, -0.15) is 0 Å². The van der Waals surface area contributed by atoms with Crippen molar-refractivity contribution in [1.82, 2.24) is 0 Å². The molecule has 4 heteroatoms. The van der Waals surface area contributed by atoms with E-state index in [-0.39, 0.29) is 5.56 Å². The lowest BCUT2D eigenvalue weighted by atomic mass is 10.1. The van der Waals surface area contributed by atoms with Gasteiger partial charge in [0.05, 0.1) is 11.3 Å². The van der Waals surface area contributed by atoms with E-state index in [4.69, 9.17) is 11.6 Å². The number of aromatic carboxylic acids is 1. The van der Waals surface area contributed by atoms with Crippen LogP contribution in [0.5, 0.6) is 0 Å². The van der Waals surface area contributed by atoms with Gasteiger partial charge in [-0.05, 0) is 29.7 Å². The topological polar surface area (TPSA) is 40.5 Å². The van der Waals surface area contributed by atoms with Gasteiger partial charge in [0.1, 0.15) is 0 Å². The van der Waals surface area contributed by atoms with Crippen LogP contribution in [0.1, 0.15) is 10.4 Å². The number of halogens is 1. The number of hydrogen-bond acceptors (Lipinski definition) is 2. The summed E-state index contributed by atoms with van der Waals surface area (Å²) < 4.78 is 0. The van der Waals surface area contributed by atoms with Crippen LogP contribution in [0.15, 0.2) is 60.7 Å². The van der Waals surface area contributed by atoms with E-state index in [9.17, 15) is 9.90 Å². The lowest BCUT2D eigenvalue weighted by molar-refractivity contribution is 0.0697. The van der Waals surface area contributed by atoms with Crippen LogP contribution in [-0.4, -0.2) is 18.1 Å². The van der Waals surface area contributed by atoms with E-state index in [1.165, 1.54) is 6.07 Å². The summed E-state index contributed by atoms with van der Waals surface area (Å²) in [6, 6.07) is 18.9. The molecule has 110 valence electrons. The fraction of sp³-hybridized carbons (Fsp3) is 0.0556. The minimum Gasteiger partial charge on any atom is -0.478 e. The van der Waals surface area contributed by atoms with E-state index in [1.807, 2.05) is 54.4 Å². The van der Waals surface area contributed by atoms with E-state index in [2.05, 4.69) is 0 Å². The Labute approximate surface area is 133 Å². The first-order valence-electron chi connectivity index (χ1n) is 6.82. The normalized spacial score (nSPS) is 10.6. The van der Waals surface area contributed by atoms with E-state index in [0.29, 0.717) is 10.7 Å². The zero-order chi connectivity index (χ0) is 15.7. The molecule has 0 spiro atoms. The quantitative estimate of drug-likeness (QED) is 0.743. The Morgan fingerprint density at radius 3 is 2.50 bits per heavy atom. The second kappa shape index (κ2) is 5.70. The van der Waals surface area contributed by atoms with Gasteiger partial charge >= 0.3 is 5.97 Å². The first-order chi connectivity index (χ1) is 10.6. The molecule has 0 aliphatic rings. The van der Waals surface area contributed by atoms with Crippen LogP contribution in [0.4, 0.5) is 11.4 Å². The molecule has 3 aromatic rings. The Kier molecular flexibility index (Phi) is 3.73. The summed E-state index contributed by atoms with van der Waals surface area (Å²) >= 11 is 5.92. The average molecular weight is 312 g/mol. The zero-order valence-electron chi connectivity index (χ0n) is 12.0. The minimum atomic E-state index is -0.996. The summed E-state index contributed by atoms with van der Waals surface area (Å²) in [7, 11) is 1.86. The molecule has 0 radical (unpaired) electrons. The van der Waals surface area contributed by atoms with Gasteiger partial charge in [-0.3, -0.25) is 0 Å². The molecule has 0 saturated heterocycles. The number of nitrogens with zero attached hydrogens (tertiary/aromatic N) is 1. The molecule has 3 nitrogen and oxygen atoms in total. The maximum absolute atomic E-state index is 11.5. The summed E-state index contributed by atoms with van der Waals surface area (Å²) in [5.41, 5.74) is 1.74. The van der Waals surface area contributed by atoms with Crippen molar-refractivity contribution >= 4 is 39.7 Å². The molecule has 0 aliphatic carbocycles. The molecule has 0 bridgehead atoms. The van der Waals surface area contributed by atoms with Crippen molar-refractivity contribution in [3.05, 3.63) is 71.2 Å². The number of carboxylic acids is 1. The van der Waals surface area contributed by atoms with Crippen molar-refractivity contribution < 1.29 is 9.90 Å². The third-order valence-corrected chi connectivity index (χ3v) is 3.91. The summed E-state index contributed by atoms with van der Waals surface area (Å²) in [6.07, 6.45) is 0. The molecule has 22 heavy (non-hydrogen) atoms. The first-order valence-corrected chi connectivity index (χ1v) is 7.20. The minimum absolute atomic E-state index is 0.183. The van der Waals surface area contributed by atoms with Crippen molar-refractivity contribution in [2.24, 2.45) is 0 Å². The highest BCUT2D eigenvalue weighted by Crippen LogP contribution is 2.33. The monoisotopic (exact) mass is 311 g/mol. The van der Waals surface area contributed by atoms with Crippen molar-refractivity contribution in [1.29, 1.82) is 0 Å². The molecule has 0 aromatic heterocycles. The second-order valence-electron chi connectivity index (χ2n) is 5.02. The van der Waals surface area contributed by atoms with Gasteiger partial charge in [0.25, 0.3) is 0 Å². The summed E-state index contributed by atoms with van der Waals surface area (Å²) in [5, 5.41) is 12.0. The number of benzene rings is 3. The third-order valence-electron chi connectivity index (χ3n) is 3.68. The van der Waals surface area contributed by atoms with Crippen LogP contribution < -0.4 is 4.90 Å². The van der Waals surface area contributed by atoms with Gasteiger partial charge in [0.2, 0.25) is 0 Å². The SMILES string of the molecule is CN(c1ccc(Cl)cc1C(=O)O)c1cccc2ccccc12. The smallest absolute Gasteiger partial charge is 0.337 e. The summed E-state index contributed by atoms with van der Waals surface area (Å²) in [4.78, 5) is 13.4. The molecule has 0 amide bonds. The zero-order valence-corrected chi connectivity index (χ0v) is 12.7. The Balaban J connectivity index is 2.18. The van der Waals surface area contributed by atoms with Gasteiger partial charge in [-0.1, -0.05) is 48.0 Å². The van der Waals surface area contributed by atoms with E-state index >= 15 is 0 Å². The number of carbonyl (C=O) groups is 1. The van der Waals surface area contributed by atoms with Gasteiger partial charge in [-0.15, -0.1) is 0 Å². The first kappa shape index (κ1) is 14.4. The highest BCUT2D eigenvalue weighted by Gasteiger charge is 2.16. The maximum atomic E-state index is 11.5. The molecule has 0 atom stereocenters. The van der Waals surface area contributed by atoms with Crippen LogP contribution >= 0.6 is 11.6 Å². The van der Waals surface area contributed by atoms with E-state index < -0.39 is 5.97 Å². The van der Waals surface area contributed by atoms with Crippen LogP contribution in [0.3, 0.4) is 0 Å². The van der Waals surface area contributed by atoms with Crippen LogP contribution in [-0.2, 0) is 0 Å². The van der Waals surface area contributed by atoms with Gasteiger partial charge < -0.3 is 10.0 Å². The number of carboxylic acid groups (broad SMARTS) is 1. The molecule has 1 N–H and O–H groups in total. The van der Waals surface area contributed by atoms with Crippen LogP contribution in [0, 0.1) is 0 Å². The maximum Gasteiger partial charge on any atom is 0.337 e. The molecular formula is C18H14ClNO2. The van der Waals surface area contributed by atoms with E-state index in [1.54, 1.807) is 12.1 Å². The molecule has 0 saturated carbocycles. The second-order valence-corrected chi connectivity index (χ2v) is 5.46. The van der Waals surface area contributed by atoms with Crippen molar-refractivity contribution in [2.45, 2.75) is 0 Å². The Morgan fingerprint density at radius 1 is 1.00 bits per heavy atom. The van der Waals surface area contributed by atoms with Crippen LogP contribution in [0.2, 0.25) is 5.02 Å². The Morgan fingerprint density at radius 2 is 1.73 bits per heavy atom.